The Morgan fingerprint density at radius 2 is 2.11 bits per heavy atom. The normalized spacial score (nSPS) is 19.9. The van der Waals surface area contributed by atoms with Crippen molar-refractivity contribution in [2.24, 2.45) is 0 Å². The molecule has 2 N–H and O–H groups in total. The molecule has 0 saturated carbocycles. The number of carbonyl (C=O) groups excluding carboxylic acids is 1. The van der Waals surface area contributed by atoms with Crippen LogP contribution in [-0.2, 0) is 4.79 Å². The van der Waals surface area contributed by atoms with E-state index in [1.807, 2.05) is 26.0 Å². The van der Waals surface area contributed by atoms with E-state index in [9.17, 15) is 4.79 Å². The fourth-order valence-electron chi connectivity index (χ4n) is 3.88. The third-order valence-corrected chi connectivity index (χ3v) is 6.55. The number of fused-ring (bicyclic) bond motifs is 1. The molecule has 2 aromatic carbocycles. The Kier molecular flexibility index (Phi) is 5.23. The summed E-state index contributed by atoms with van der Waals surface area (Å²) in [6.45, 7) is 6.65. The molecule has 3 aromatic rings. The van der Waals surface area contributed by atoms with E-state index >= 15 is 0 Å². The number of carbonyl (C=O) groups is 1. The fourth-order valence-corrected chi connectivity index (χ4v) is 4.98. The van der Waals surface area contributed by atoms with Crippen LogP contribution in [0.25, 0.3) is 10.2 Å². The molecular weight excluding hydrogens is 354 g/mol. The molecule has 4 rings (SSSR count). The standard InChI is InChI=1S/C22H25N3OS/c1-15-9-10-16(2)19(12-15)23-21(26)14-25-11-5-6-17(13-25)22-24-18-7-3-4-8-20(18)27-22/h3-4,7-10,12,17H,5-6,11,13-14H2,1-2H3,(H,23,26)/p+1/t17-/m0/s1. The molecule has 5 heteroatoms. The number of anilines is 1. The number of aryl methyl sites for hydroxylation is 2. The van der Waals surface area contributed by atoms with Crippen LogP contribution in [0.4, 0.5) is 5.69 Å². The highest BCUT2D eigenvalue weighted by atomic mass is 32.1. The van der Waals surface area contributed by atoms with Gasteiger partial charge in [-0.25, -0.2) is 4.98 Å². The van der Waals surface area contributed by atoms with Crippen LogP contribution in [0.2, 0.25) is 0 Å². The van der Waals surface area contributed by atoms with E-state index in [-0.39, 0.29) is 5.91 Å². The Hall–Kier alpha value is -2.24. The van der Waals surface area contributed by atoms with Crippen LogP contribution >= 0.6 is 11.3 Å². The first-order valence-corrected chi connectivity index (χ1v) is 10.5. The summed E-state index contributed by atoms with van der Waals surface area (Å²) in [6, 6.07) is 14.5. The van der Waals surface area contributed by atoms with Crippen LogP contribution < -0.4 is 10.2 Å². The summed E-state index contributed by atoms with van der Waals surface area (Å²) in [6.07, 6.45) is 2.31. The smallest absolute Gasteiger partial charge is 0.279 e. The van der Waals surface area contributed by atoms with Crippen LogP contribution in [0.5, 0.6) is 0 Å². The highest BCUT2D eigenvalue weighted by molar-refractivity contribution is 7.18. The monoisotopic (exact) mass is 380 g/mol. The Morgan fingerprint density at radius 1 is 1.26 bits per heavy atom. The lowest BCUT2D eigenvalue weighted by atomic mass is 9.99. The van der Waals surface area contributed by atoms with Crippen LogP contribution in [0.1, 0.15) is 34.9 Å². The highest BCUT2D eigenvalue weighted by Gasteiger charge is 2.28. The average Bonchev–Trinajstić information content (AvgIpc) is 3.09. The van der Waals surface area contributed by atoms with Crippen molar-refractivity contribution in [2.45, 2.75) is 32.6 Å². The molecule has 2 atom stereocenters. The number of amides is 1. The minimum atomic E-state index is 0.101. The number of benzene rings is 2. The Labute approximate surface area is 164 Å². The van der Waals surface area contributed by atoms with Gasteiger partial charge in [-0.2, -0.15) is 0 Å². The highest BCUT2D eigenvalue weighted by Crippen LogP contribution is 2.30. The molecule has 0 radical (unpaired) electrons. The lowest BCUT2D eigenvalue weighted by molar-refractivity contribution is -0.898. The van der Waals surface area contributed by atoms with Gasteiger partial charge >= 0.3 is 0 Å². The molecule has 0 spiro atoms. The zero-order chi connectivity index (χ0) is 18.8. The third-order valence-electron chi connectivity index (χ3n) is 5.36. The third kappa shape index (κ3) is 4.20. The quantitative estimate of drug-likeness (QED) is 0.729. The van der Waals surface area contributed by atoms with Gasteiger partial charge in [0, 0.05) is 5.69 Å². The molecule has 2 heterocycles. The fraction of sp³-hybridized carbons (Fsp3) is 0.364. The van der Waals surface area contributed by atoms with Crippen molar-refractivity contribution in [3.05, 3.63) is 58.6 Å². The van der Waals surface area contributed by atoms with Crippen molar-refractivity contribution in [3.63, 3.8) is 0 Å². The maximum absolute atomic E-state index is 12.6. The molecule has 1 amide bonds. The van der Waals surface area contributed by atoms with Gasteiger partial charge in [-0.05, 0) is 56.0 Å². The molecule has 1 fully saturated rings. The molecule has 0 aliphatic carbocycles. The minimum Gasteiger partial charge on any atom is -0.327 e. The number of para-hydroxylation sites is 1. The number of nitrogens with zero attached hydrogens (tertiary/aromatic N) is 1. The van der Waals surface area contributed by atoms with Crippen molar-refractivity contribution in [3.8, 4) is 0 Å². The van der Waals surface area contributed by atoms with Gasteiger partial charge in [0.2, 0.25) is 0 Å². The maximum Gasteiger partial charge on any atom is 0.279 e. The van der Waals surface area contributed by atoms with Gasteiger partial charge in [0.05, 0.1) is 29.2 Å². The summed E-state index contributed by atoms with van der Waals surface area (Å²) in [5, 5.41) is 4.33. The zero-order valence-corrected chi connectivity index (χ0v) is 16.7. The second kappa shape index (κ2) is 7.79. The van der Waals surface area contributed by atoms with Gasteiger partial charge in [0.15, 0.2) is 6.54 Å². The summed E-state index contributed by atoms with van der Waals surface area (Å²) in [7, 11) is 0. The largest absolute Gasteiger partial charge is 0.327 e. The SMILES string of the molecule is Cc1ccc(C)c(NC(=O)C[NH+]2CCC[C@H](c3nc4ccccc4s3)C2)c1. The van der Waals surface area contributed by atoms with Gasteiger partial charge in [-0.3, -0.25) is 4.79 Å². The number of hydrogen-bond donors (Lipinski definition) is 2. The average molecular weight is 381 g/mol. The Bertz CT molecular complexity index is 932. The number of nitrogens with one attached hydrogen (secondary N) is 2. The minimum absolute atomic E-state index is 0.101. The van der Waals surface area contributed by atoms with E-state index in [1.54, 1.807) is 11.3 Å². The van der Waals surface area contributed by atoms with Crippen molar-refractivity contribution >= 4 is 33.1 Å². The van der Waals surface area contributed by atoms with E-state index in [1.165, 1.54) is 21.0 Å². The molecule has 1 saturated heterocycles. The van der Waals surface area contributed by atoms with E-state index < -0.39 is 0 Å². The van der Waals surface area contributed by atoms with Gasteiger partial charge in [-0.15, -0.1) is 11.3 Å². The summed E-state index contributed by atoms with van der Waals surface area (Å²) in [5.74, 6) is 0.559. The summed E-state index contributed by atoms with van der Waals surface area (Å²) in [4.78, 5) is 18.8. The van der Waals surface area contributed by atoms with E-state index in [2.05, 4.69) is 35.6 Å². The van der Waals surface area contributed by atoms with Crippen molar-refractivity contribution < 1.29 is 9.69 Å². The molecule has 4 nitrogen and oxygen atoms in total. The number of thiazole rings is 1. The molecular formula is C22H26N3OS+. The first-order valence-electron chi connectivity index (χ1n) is 9.64. The molecule has 27 heavy (non-hydrogen) atoms. The Balaban J connectivity index is 1.40. The lowest BCUT2D eigenvalue weighted by Crippen LogP contribution is -3.14. The maximum atomic E-state index is 12.6. The number of hydrogen-bond acceptors (Lipinski definition) is 3. The van der Waals surface area contributed by atoms with Gasteiger partial charge in [0.1, 0.15) is 5.01 Å². The number of aromatic nitrogens is 1. The van der Waals surface area contributed by atoms with Crippen molar-refractivity contribution in [2.75, 3.05) is 25.0 Å². The molecule has 1 aliphatic rings. The lowest BCUT2D eigenvalue weighted by Gasteiger charge is -2.28. The second-order valence-corrected chi connectivity index (χ2v) is 8.67. The topological polar surface area (TPSA) is 46.4 Å². The van der Waals surface area contributed by atoms with Crippen LogP contribution in [0.15, 0.2) is 42.5 Å². The van der Waals surface area contributed by atoms with Gasteiger partial charge in [0.25, 0.3) is 5.91 Å². The Morgan fingerprint density at radius 3 is 2.96 bits per heavy atom. The first kappa shape index (κ1) is 18.1. The predicted molar refractivity (Wildman–Crippen MR) is 112 cm³/mol. The number of rotatable bonds is 4. The number of piperidine rings is 1. The molecule has 140 valence electrons. The van der Waals surface area contributed by atoms with Crippen molar-refractivity contribution in [1.82, 2.24) is 4.98 Å². The van der Waals surface area contributed by atoms with Crippen LogP contribution in [-0.4, -0.2) is 30.5 Å². The first-order chi connectivity index (χ1) is 13.1. The summed E-state index contributed by atoms with van der Waals surface area (Å²) in [5.41, 5.74) is 4.29. The summed E-state index contributed by atoms with van der Waals surface area (Å²) < 4.78 is 1.26. The second-order valence-electron chi connectivity index (χ2n) is 7.61. The number of likely N-dealkylation sites (tertiary alicyclic amines) is 1. The van der Waals surface area contributed by atoms with Gasteiger partial charge in [-0.1, -0.05) is 24.3 Å². The van der Waals surface area contributed by atoms with Crippen molar-refractivity contribution in [1.29, 1.82) is 0 Å². The summed E-state index contributed by atoms with van der Waals surface area (Å²) >= 11 is 1.81. The van der Waals surface area contributed by atoms with E-state index in [0.717, 1.165) is 41.8 Å². The van der Waals surface area contributed by atoms with E-state index in [0.29, 0.717) is 12.5 Å². The molecule has 1 unspecified atom stereocenters. The van der Waals surface area contributed by atoms with Crippen LogP contribution in [0, 0.1) is 13.8 Å². The molecule has 1 aromatic heterocycles. The predicted octanol–water partition coefficient (Wildman–Crippen LogP) is 3.31. The van der Waals surface area contributed by atoms with Crippen LogP contribution in [0.3, 0.4) is 0 Å². The number of quaternary nitrogens is 1. The van der Waals surface area contributed by atoms with Gasteiger partial charge < -0.3 is 10.2 Å². The zero-order valence-electron chi connectivity index (χ0n) is 15.9. The molecule has 1 aliphatic heterocycles. The van der Waals surface area contributed by atoms with E-state index in [4.69, 9.17) is 4.98 Å². The molecule has 0 bridgehead atoms.